The predicted molar refractivity (Wildman–Crippen MR) is 129 cm³/mol. The van der Waals surface area contributed by atoms with E-state index in [1.165, 1.54) is 33.3 Å². The van der Waals surface area contributed by atoms with Crippen LogP contribution in [0.3, 0.4) is 0 Å². The van der Waals surface area contributed by atoms with E-state index in [2.05, 4.69) is 23.9 Å². The molecule has 0 spiro atoms. The van der Waals surface area contributed by atoms with Gasteiger partial charge >= 0.3 is 5.97 Å². The summed E-state index contributed by atoms with van der Waals surface area (Å²) in [6.45, 7) is 5.80. The predicted octanol–water partition coefficient (Wildman–Crippen LogP) is 3.32. The Morgan fingerprint density at radius 3 is 2.41 bits per heavy atom. The van der Waals surface area contributed by atoms with E-state index in [-0.39, 0.29) is 35.3 Å². The third-order valence-electron chi connectivity index (χ3n) is 5.30. The number of hydrogen-bond acceptors (Lipinski definition) is 7. The van der Waals surface area contributed by atoms with Crippen LogP contribution in [-0.2, 0) is 24.3 Å². The molecule has 2 aromatic rings. The lowest BCUT2D eigenvalue weighted by atomic mass is 9.97. The lowest BCUT2D eigenvalue weighted by Gasteiger charge is -2.18. The van der Waals surface area contributed by atoms with Gasteiger partial charge in [0, 0.05) is 19.3 Å². The van der Waals surface area contributed by atoms with Crippen LogP contribution in [0.4, 0.5) is 5.69 Å². The van der Waals surface area contributed by atoms with Crippen LogP contribution >= 0.6 is 0 Å². The first-order valence-electron chi connectivity index (χ1n) is 10.9. The summed E-state index contributed by atoms with van der Waals surface area (Å²) in [4.78, 5) is 25.2. The number of esters is 1. The molecule has 0 saturated carbocycles. The first-order valence-corrected chi connectivity index (χ1v) is 12.4. The smallest absolute Gasteiger partial charge is 0.338 e. The van der Waals surface area contributed by atoms with Gasteiger partial charge in [-0.25, -0.2) is 17.9 Å². The number of sulfonamides is 1. The Hall–Kier alpha value is -2.95. The average molecular weight is 493 g/mol. The first kappa shape index (κ1) is 27.3. The molecule has 10 heteroatoms. The second kappa shape index (κ2) is 12.5. The first-order chi connectivity index (χ1) is 16.1. The largest absolute Gasteiger partial charge is 0.495 e. The van der Waals surface area contributed by atoms with Gasteiger partial charge in [0.2, 0.25) is 10.0 Å². The molecule has 0 radical (unpaired) electrons. The van der Waals surface area contributed by atoms with Crippen molar-refractivity contribution in [1.82, 2.24) is 4.72 Å². The number of ether oxygens (including phenoxy) is 3. The Balaban J connectivity index is 2.17. The van der Waals surface area contributed by atoms with Crippen LogP contribution in [0.15, 0.2) is 47.4 Å². The van der Waals surface area contributed by atoms with Crippen LogP contribution in [0.5, 0.6) is 5.75 Å². The van der Waals surface area contributed by atoms with E-state index in [4.69, 9.17) is 14.2 Å². The van der Waals surface area contributed by atoms with Crippen LogP contribution in [0, 0.1) is 0 Å². The zero-order chi connectivity index (χ0) is 25.3. The van der Waals surface area contributed by atoms with Crippen molar-refractivity contribution in [1.29, 1.82) is 0 Å². The molecule has 0 saturated heterocycles. The summed E-state index contributed by atoms with van der Waals surface area (Å²) >= 11 is 0. The number of para-hydroxylation sites is 1. The van der Waals surface area contributed by atoms with Crippen LogP contribution in [0.2, 0.25) is 0 Å². The number of hydrogen-bond donors (Lipinski definition) is 2. The summed E-state index contributed by atoms with van der Waals surface area (Å²) in [5.41, 5.74) is 1.61. The van der Waals surface area contributed by atoms with E-state index < -0.39 is 28.0 Å². The molecule has 0 aliphatic carbocycles. The summed E-state index contributed by atoms with van der Waals surface area (Å²) in [6.07, 6.45) is -0.208. The summed E-state index contributed by atoms with van der Waals surface area (Å²) in [7, 11) is -1.20. The number of amides is 1. The molecule has 2 aromatic carbocycles. The lowest BCUT2D eigenvalue weighted by molar-refractivity contribution is -0.123. The molecule has 2 unspecified atom stereocenters. The molecule has 34 heavy (non-hydrogen) atoms. The quantitative estimate of drug-likeness (QED) is 0.344. The zero-order valence-electron chi connectivity index (χ0n) is 20.1. The van der Waals surface area contributed by atoms with Crippen LogP contribution in [-0.4, -0.2) is 53.8 Å². The molecule has 2 N–H and O–H groups in total. The van der Waals surface area contributed by atoms with Gasteiger partial charge in [-0.3, -0.25) is 4.79 Å². The molecule has 0 bridgehead atoms. The van der Waals surface area contributed by atoms with E-state index in [1.807, 2.05) is 18.2 Å². The van der Waals surface area contributed by atoms with Gasteiger partial charge in [0.15, 0.2) is 6.10 Å². The zero-order valence-corrected chi connectivity index (χ0v) is 20.9. The highest BCUT2D eigenvalue weighted by Gasteiger charge is 2.24. The number of carbonyl (C=O) groups is 2. The molecule has 2 rings (SSSR count). The van der Waals surface area contributed by atoms with Gasteiger partial charge in [0.25, 0.3) is 5.91 Å². The van der Waals surface area contributed by atoms with Crippen molar-refractivity contribution in [2.45, 2.75) is 44.1 Å². The highest BCUT2D eigenvalue weighted by atomic mass is 32.2. The van der Waals surface area contributed by atoms with E-state index in [0.29, 0.717) is 5.69 Å². The molecule has 9 nitrogen and oxygen atoms in total. The van der Waals surface area contributed by atoms with Crippen molar-refractivity contribution in [2.75, 3.05) is 32.7 Å². The molecule has 0 heterocycles. The second-order valence-corrected chi connectivity index (χ2v) is 9.42. The van der Waals surface area contributed by atoms with Gasteiger partial charge < -0.3 is 19.5 Å². The topological polar surface area (TPSA) is 120 Å². The Morgan fingerprint density at radius 2 is 1.76 bits per heavy atom. The Kier molecular flexibility index (Phi) is 10.0. The Bertz CT molecular complexity index is 1100. The number of methoxy groups -OCH3 is 2. The van der Waals surface area contributed by atoms with Gasteiger partial charge in [-0.2, -0.15) is 0 Å². The number of anilines is 1. The summed E-state index contributed by atoms with van der Waals surface area (Å²) < 4.78 is 43.0. The molecule has 0 aliphatic heterocycles. The Morgan fingerprint density at radius 1 is 1.06 bits per heavy atom. The van der Waals surface area contributed by atoms with Crippen molar-refractivity contribution in [3.05, 3.63) is 53.6 Å². The van der Waals surface area contributed by atoms with Crippen LogP contribution < -0.4 is 14.8 Å². The molecular weight excluding hydrogens is 460 g/mol. The molecular formula is C24H32N2O7S. The summed E-state index contributed by atoms with van der Waals surface area (Å²) in [6, 6.07) is 11.3. The summed E-state index contributed by atoms with van der Waals surface area (Å²) in [5, 5.41) is 2.81. The van der Waals surface area contributed by atoms with Crippen molar-refractivity contribution >= 4 is 27.6 Å². The fraction of sp³-hybridized carbons (Fsp3) is 0.417. The number of carbonyl (C=O) groups excluding carboxylic acids is 2. The van der Waals surface area contributed by atoms with Crippen molar-refractivity contribution in [3.8, 4) is 5.75 Å². The third kappa shape index (κ3) is 7.02. The van der Waals surface area contributed by atoms with E-state index in [1.54, 1.807) is 6.07 Å². The average Bonchev–Trinajstić information content (AvgIpc) is 2.83. The minimum absolute atomic E-state index is 0.0347. The second-order valence-electron chi connectivity index (χ2n) is 7.69. The van der Waals surface area contributed by atoms with Gasteiger partial charge in [-0.15, -0.1) is 0 Å². The summed E-state index contributed by atoms with van der Waals surface area (Å²) in [5.74, 6) is -1.03. The van der Waals surface area contributed by atoms with E-state index in [9.17, 15) is 18.0 Å². The van der Waals surface area contributed by atoms with Crippen molar-refractivity contribution in [3.63, 3.8) is 0 Å². The fourth-order valence-corrected chi connectivity index (χ4v) is 4.35. The minimum atomic E-state index is -3.97. The number of rotatable bonds is 12. The maximum Gasteiger partial charge on any atom is 0.338 e. The molecule has 186 valence electrons. The minimum Gasteiger partial charge on any atom is -0.495 e. The molecule has 0 aliphatic rings. The molecule has 0 fully saturated rings. The highest BCUT2D eigenvalue weighted by Crippen LogP contribution is 2.27. The van der Waals surface area contributed by atoms with Gasteiger partial charge in [-0.05, 0) is 49.1 Å². The maximum atomic E-state index is 12.7. The molecule has 0 aromatic heterocycles. The van der Waals surface area contributed by atoms with Crippen molar-refractivity contribution in [2.24, 2.45) is 0 Å². The SMILES string of the molecule is CCC(C)c1ccccc1NC(=O)C(C)OC(=O)c1ccc(OC)c(S(=O)(=O)NCCOC)c1. The van der Waals surface area contributed by atoms with Crippen LogP contribution in [0.1, 0.15) is 49.0 Å². The third-order valence-corrected chi connectivity index (χ3v) is 6.78. The van der Waals surface area contributed by atoms with Crippen LogP contribution in [0.25, 0.3) is 0 Å². The van der Waals surface area contributed by atoms with Crippen molar-refractivity contribution < 1.29 is 32.2 Å². The van der Waals surface area contributed by atoms with E-state index in [0.717, 1.165) is 18.1 Å². The Labute approximate surface area is 200 Å². The normalized spacial score (nSPS) is 13.1. The van der Waals surface area contributed by atoms with Gasteiger partial charge in [0.05, 0.1) is 19.3 Å². The lowest BCUT2D eigenvalue weighted by Crippen LogP contribution is -2.30. The van der Waals surface area contributed by atoms with Gasteiger partial charge in [0.1, 0.15) is 10.6 Å². The fourth-order valence-electron chi connectivity index (χ4n) is 3.15. The monoisotopic (exact) mass is 492 g/mol. The number of nitrogens with one attached hydrogen (secondary N) is 2. The number of benzene rings is 2. The standard InChI is InChI=1S/C24H32N2O7S/c1-6-16(2)19-9-7-8-10-20(19)26-23(27)17(3)33-24(28)18-11-12-21(32-5)22(15-18)34(29,30)25-13-14-31-4/h7-12,15-17,25H,6,13-14H2,1-5H3,(H,26,27). The van der Waals surface area contributed by atoms with E-state index >= 15 is 0 Å². The highest BCUT2D eigenvalue weighted by molar-refractivity contribution is 7.89. The molecule has 2 atom stereocenters. The molecule has 1 amide bonds. The maximum absolute atomic E-state index is 12.7. The van der Waals surface area contributed by atoms with Gasteiger partial charge in [-0.1, -0.05) is 32.0 Å².